The molecule has 8 rings (SSSR count). The van der Waals surface area contributed by atoms with E-state index in [1.165, 1.54) is 25.2 Å². The van der Waals surface area contributed by atoms with Gasteiger partial charge in [0.25, 0.3) is 11.8 Å². The van der Waals surface area contributed by atoms with Crippen molar-refractivity contribution in [2.24, 2.45) is 0 Å². The minimum Gasteiger partial charge on any atom is -0.380 e. The molecule has 2 aromatic heterocycles. The zero-order valence-electron chi connectivity index (χ0n) is 37.0. The third-order valence-corrected chi connectivity index (χ3v) is 11.9. The Morgan fingerprint density at radius 3 is 1.35 bits per heavy atom. The molecule has 340 valence electrons. The normalized spacial score (nSPS) is 13.9. The fraction of sp³-hybridized carbons (Fsp3) is 0.255. The Morgan fingerprint density at radius 1 is 0.530 bits per heavy atom. The quantitative estimate of drug-likeness (QED) is 0.0518. The van der Waals surface area contributed by atoms with E-state index in [-0.39, 0.29) is 11.8 Å². The molecule has 15 heteroatoms. The van der Waals surface area contributed by atoms with Gasteiger partial charge < -0.3 is 36.0 Å². The van der Waals surface area contributed by atoms with Gasteiger partial charge in [-0.25, -0.2) is 9.97 Å². The summed E-state index contributed by atoms with van der Waals surface area (Å²) >= 11 is 11.7. The van der Waals surface area contributed by atoms with Crippen LogP contribution in [-0.2, 0) is 13.1 Å². The maximum atomic E-state index is 12.8. The Morgan fingerprint density at radius 2 is 0.939 bits per heavy atom. The van der Waals surface area contributed by atoms with E-state index in [9.17, 15) is 9.59 Å². The summed E-state index contributed by atoms with van der Waals surface area (Å²) in [4.78, 5) is 40.4. The standard InChI is InChI=1S/C26H28ClN5O.C25H27ClN6O/c27-21-13-14-24(30-18-21)31-26(33)22-7-3-4-8-23(22)29-17-19-9-11-20(12-10-19)25(28)32-15-5-1-2-6-16-32;1-31-12-14-32(15-13-31)24(27)19-8-6-18(7-9-19)16-28-22-5-3-2-4-21(22)25(33)30-23-11-10-20(26)17-29-23/h3-4,7-14,18,28-29H,1-2,5-6,15-17H2,(H,30,31,33);2-11,17,27-28H,12-16H2,1H3,(H,29,30,33). The highest BCUT2D eigenvalue weighted by molar-refractivity contribution is 6.30. The molecule has 0 spiro atoms. The van der Waals surface area contributed by atoms with Crippen LogP contribution in [-0.4, -0.2) is 94.5 Å². The van der Waals surface area contributed by atoms with Crippen molar-refractivity contribution in [2.45, 2.75) is 38.8 Å². The number of piperazine rings is 1. The second-order valence-electron chi connectivity index (χ2n) is 16.2. The van der Waals surface area contributed by atoms with E-state index in [0.717, 1.165) is 85.7 Å². The summed E-state index contributed by atoms with van der Waals surface area (Å²) in [5.41, 5.74) is 6.55. The Kier molecular flexibility index (Phi) is 16.7. The van der Waals surface area contributed by atoms with E-state index >= 15 is 0 Å². The second kappa shape index (κ2) is 23.4. The number of hydrogen-bond acceptors (Lipinski definition) is 9. The molecule has 2 amide bonds. The summed E-state index contributed by atoms with van der Waals surface area (Å²) in [6.45, 7) is 6.77. The number of halogens is 2. The summed E-state index contributed by atoms with van der Waals surface area (Å²) in [5.74, 6) is 1.58. The van der Waals surface area contributed by atoms with Gasteiger partial charge in [0, 0.05) is 87.3 Å². The summed E-state index contributed by atoms with van der Waals surface area (Å²) in [6, 6.07) is 37.6. The fourth-order valence-electron chi connectivity index (χ4n) is 7.58. The van der Waals surface area contributed by atoms with Crippen LogP contribution in [0.15, 0.2) is 134 Å². The third-order valence-electron chi connectivity index (χ3n) is 11.4. The number of likely N-dealkylation sites (tertiary alicyclic amines) is 1. The maximum absolute atomic E-state index is 12.8. The van der Waals surface area contributed by atoms with Crippen molar-refractivity contribution in [1.82, 2.24) is 24.7 Å². The summed E-state index contributed by atoms with van der Waals surface area (Å²) in [5, 5.41) is 30.4. The van der Waals surface area contributed by atoms with E-state index in [0.29, 0.717) is 57.6 Å². The van der Waals surface area contributed by atoms with E-state index < -0.39 is 0 Å². The SMILES string of the molecule is CN1CCN(C(=N)c2ccc(CNc3ccccc3C(=O)Nc3ccc(Cl)cn3)cc2)CC1.N=C(c1ccc(CNc2ccccc2C(=O)Nc2ccc(Cl)cn2)cc1)N1CCCCCC1. The van der Waals surface area contributed by atoms with E-state index in [2.05, 4.69) is 53.0 Å². The van der Waals surface area contributed by atoms with Gasteiger partial charge in [-0.15, -0.1) is 0 Å². The van der Waals surface area contributed by atoms with Gasteiger partial charge in [0.1, 0.15) is 23.3 Å². The molecule has 0 aliphatic carbocycles. The molecule has 2 aliphatic heterocycles. The fourth-order valence-corrected chi connectivity index (χ4v) is 7.81. The van der Waals surface area contributed by atoms with Crippen molar-refractivity contribution in [3.05, 3.63) is 177 Å². The van der Waals surface area contributed by atoms with Gasteiger partial charge in [-0.1, -0.05) is 109 Å². The number of pyridine rings is 2. The number of carbonyl (C=O) groups is 2. The van der Waals surface area contributed by atoms with Gasteiger partial charge in [-0.3, -0.25) is 20.4 Å². The van der Waals surface area contributed by atoms with Crippen molar-refractivity contribution >= 4 is 69.7 Å². The van der Waals surface area contributed by atoms with Gasteiger partial charge in [-0.05, 0) is 79.5 Å². The van der Waals surface area contributed by atoms with Gasteiger partial charge in [-0.2, -0.15) is 0 Å². The lowest BCUT2D eigenvalue weighted by Crippen LogP contribution is -2.47. The number of hydrogen-bond donors (Lipinski definition) is 6. The van der Waals surface area contributed by atoms with Gasteiger partial charge in [0.15, 0.2) is 0 Å². The highest BCUT2D eigenvalue weighted by atomic mass is 35.5. The van der Waals surface area contributed by atoms with Crippen molar-refractivity contribution in [1.29, 1.82) is 10.8 Å². The largest absolute Gasteiger partial charge is 0.380 e. The van der Waals surface area contributed by atoms with Crippen LogP contribution in [0.4, 0.5) is 23.0 Å². The average molecular weight is 925 g/mol. The van der Waals surface area contributed by atoms with Crippen LogP contribution in [0.5, 0.6) is 0 Å². The van der Waals surface area contributed by atoms with Crippen LogP contribution in [0.1, 0.15) is 68.7 Å². The number of carbonyl (C=O) groups excluding carboxylic acids is 2. The lowest BCUT2D eigenvalue weighted by Gasteiger charge is -2.34. The number of rotatable bonds is 12. The molecule has 2 saturated heterocycles. The van der Waals surface area contributed by atoms with Crippen LogP contribution in [0.2, 0.25) is 10.0 Å². The highest BCUT2D eigenvalue weighted by Gasteiger charge is 2.19. The van der Waals surface area contributed by atoms with Crippen LogP contribution in [0.3, 0.4) is 0 Å². The minimum absolute atomic E-state index is 0.242. The predicted molar refractivity (Wildman–Crippen MR) is 268 cm³/mol. The molecule has 0 saturated carbocycles. The van der Waals surface area contributed by atoms with Crippen LogP contribution in [0, 0.1) is 10.8 Å². The van der Waals surface area contributed by atoms with Gasteiger partial charge in [0.2, 0.25) is 0 Å². The van der Waals surface area contributed by atoms with Crippen LogP contribution >= 0.6 is 23.2 Å². The van der Waals surface area contributed by atoms with Crippen LogP contribution < -0.4 is 21.3 Å². The number of amidine groups is 2. The first-order valence-electron chi connectivity index (χ1n) is 22.2. The topological polar surface area (TPSA) is 165 Å². The highest BCUT2D eigenvalue weighted by Crippen LogP contribution is 2.22. The molecule has 0 atom stereocenters. The lowest BCUT2D eigenvalue weighted by molar-refractivity contribution is 0.101. The Bertz CT molecular complexity index is 2560. The minimum atomic E-state index is -0.246. The Labute approximate surface area is 396 Å². The predicted octanol–water partition coefficient (Wildman–Crippen LogP) is 9.97. The average Bonchev–Trinajstić information content (AvgIpc) is 3.65. The lowest BCUT2D eigenvalue weighted by atomic mass is 10.1. The molecule has 0 unspecified atom stereocenters. The summed E-state index contributed by atoms with van der Waals surface area (Å²) in [7, 11) is 2.11. The molecule has 6 aromatic rings. The molecular weight excluding hydrogens is 870 g/mol. The van der Waals surface area contributed by atoms with E-state index in [1.807, 2.05) is 84.9 Å². The van der Waals surface area contributed by atoms with Crippen molar-refractivity contribution in [3.8, 4) is 0 Å². The zero-order chi connectivity index (χ0) is 46.3. The first-order valence-corrected chi connectivity index (χ1v) is 22.9. The van der Waals surface area contributed by atoms with Crippen molar-refractivity contribution in [2.75, 3.05) is 67.6 Å². The third kappa shape index (κ3) is 13.4. The number of likely N-dealkylation sites (N-methyl/N-ethyl adjacent to an activating group) is 1. The number of aromatic nitrogens is 2. The molecule has 6 N–H and O–H groups in total. The molecule has 0 radical (unpaired) electrons. The molecule has 2 aliphatic rings. The monoisotopic (exact) mass is 923 g/mol. The number of anilines is 4. The van der Waals surface area contributed by atoms with E-state index in [1.54, 1.807) is 36.4 Å². The zero-order valence-corrected chi connectivity index (χ0v) is 38.5. The Balaban J connectivity index is 0.000000196. The smallest absolute Gasteiger partial charge is 0.258 e. The van der Waals surface area contributed by atoms with E-state index in [4.69, 9.17) is 34.0 Å². The maximum Gasteiger partial charge on any atom is 0.258 e. The first kappa shape index (κ1) is 47.2. The second-order valence-corrected chi connectivity index (χ2v) is 17.1. The molecule has 0 bridgehead atoms. The molecule has 13 nitrogen and oxygen atoms in total. The first-order chi connectivity index (χ1) is 32.1. The van der Waals surface area contributed by atoms with Crippen LogP contribution in [0.25, 0.3) is 0 Å². The van der Waals surface area contributed by atoms with Crippen molar-refractivity contribution in [3.63, 3.8) is 0 Å². The molecule has 4 aromatic carbocycles. The number of nitrogens with zero attached hydrogens (tertiary/aromatic N) is 5. The number of para-hydroxylation sites is 2. The number of nitrogens with one attached hydrogen (secondary N) is 6. The summed E-state index contributed by atoms with van der Waals surface area (Å²) in [6.07, 6.45) is 7.82. The van der Waals surface area contributed by atoms with Crippen molar-refractivity contribution < 1.29 is 9.59 Å². The molecule has 66 heavy (non-hydrogen) atoms. The summed E-state index contributed by atoms with van der Waals surface area (Å²) < 4.78 is 0. The molecule has 2 fully saturated rings. The molecular formula is C51H55Cl2N11O2. The Hall–Kier alpha value is -6.80. The van der Waals surface area contributed by atoms with Gasteiger partial charge >= 0.3 is 0 Å². The molecule has 4 heterocycles. The number of benzene rings is 4. The number of amides is 2. The van der Waals surface area contributed by atoms with Gasteiger partial charge in [0.05, 0.1) is 21.2 Å².